The van der Waals surface area contributed by atoms with E-state index in [1.165, 1.54) is 35.4 Å². The number of rotatable bonds is 12. The smallest absolute Gasteiger partial charge is 0.326 e. The van der Waals surface area contributed by atoms with Gasteiger partial charge in [-0.3, -0.25) is 14.4 Å². The largest absolute Gasteiger partial charge is 0.508 e. The highest BCUT2D eigenvalue weighted by Crippen LogP contribution is 2.63. The van der Waals surface area contributed by atoms with Crippen LogP contribution < -0.4 is 25.8 Å². The molecule has 2 heterocycles. The van der Waals surface area contributed by atoms with Crippen molar-refractivity contribution in [3.8, 4) is 23.0 Å². The summed E-state index contributed by atoms with van der Waals surface area (Å²) < 4.78 is 11.8. The van der Waals surface area contributed by atoms with Crippen molar-refractivity contribution in [2.45, 2.75) is 94.5 Å². The number of ketones is 1. The maximum absolute atomic E-state index is 13.0. The van der Waals surface area contributed by atoms with Crippen molar-refractivity contribution in [3.63, 3.8) is 0 Å². The molecule has 0 unspecified atom stereocenters. The van der Waals surface area contributed by atoms with Crippen molar-refractivity contribution in [1.29, 1.82) is 0 Å². The van der Waals surface area contributed by atoms with Gasteiger partial charge < -0.3 is 46.1 Å². The normalized spacial score (nSPS) is 24.1. The van der Waals surface area contributed by atoms with Crippen LogP contribution >= 0.6 is 0 Å². The molecule has 2 aliphatic carbocycles. The SMILES string of the molecule is CC[C@H](C)[C@H](NC(=O)[C@H](Cc1ccc(O)cc1)NC(=O)[C@@H](N)Cc1ccc(O)cc1)C(=O)O.COc1ccc2c3c1O[C@H]1C(=O)CC[C@H]4[C@@H](C2)N(C)CC[C@]314. The number of hydrogen-bond donors (Lipinski definition) is 6. The van der Waals surface area contributed by atoms with Crippen LogP contribution in [0.15, 0.2) is 60.7 Å². The van der Waals surface area contributed by atoms with Gasteiger partial charge in [-0.25, -0.2) is 4.79 Å². The molecule has 1 spiro atoms. The van der Waals surface area contributed by atoms with Crippen LogP contribution in [0.4, 0.5) is 0 Å². The van der Waals surface area contributed by atoms with Crippen LogP contribution in [0, 0.1) is 11.8 Å². The molecule has 2 amide bonds. The van der Waals surface area contributed by atoms with E-state index in [1.54, 1.807) is 38.3 Å². The molecular formula is C42H52N4O9. The van der Waals surface area contributed by atoms with E-state index in [2.05, 4.69) is 28.6 Å². The standard InChI is InChI=1S/C24H31N3O6.C18H21NO3/c1-3-14(2)21(24(32)33)27-23(31)20(13-16-6-10-18(29)11-7-16)26-22(30)19(25)12-15-4-8-17(28)9-5-15;1-19-8-7-18-11-4-5-13(20)17(18)22-16-14(21-2)6-3-10(15(16)18)9-12(11)19/h4-11,14,19-21,28-29H,3,12-13,25H2,1-2H3,(H,26,30)(H,27,31)(H,32,33);3,6,11-12,17H,4-5,7-9H2,1-2H3/t14-,19-,20-,21-;11-,12+,17-,18-/m00/s1. The predicted molar refractivity (Wildman–Crippen MR) is 204 cm³/mol. The van der Waals surface area contributed by atoms with E-state index >= 15 is 0 Å². The minimum Gasteiger partial charge on any atom is -0.508 e. The van der Waals surface area contributed by atoms with Crippen molar-refractivity contribution in [2.24, 2.45) is 17.6 Å². The maximum atomic E-state index is 13.0. The van der Waals surface area contributed by atoms with Gasteiger partial charge in [-0.1, -0.05) is 50.6 Å². The Morgan fingerprint density at radius 2 is 1.62 bits per heavy atom. The monoisotopic (exact) mass is 756 g/mol. The molecule has 2 bridgehead atoms. The second kappa shape index (κ2) is 16.3. The highest BCUT2D eigenvalue weighted by molar-refractivity contribution is 5.92. The number of carbonyl (C=O) groups is 4. The number of nitrogens with zero attached hydrogens (tertiary/aromatic N) is 1. The van der Waals surface area contributed by atoms with Gasteiger partial charge in [0.05, 0.1) is 13.2 Å². The average molecular weight is 757 g/mol. The Morgan fingerprint density at radius 3 is 2.22 bits per heavy atom. The summed E-state index contributed by atoms with van der Waals surface area (Å²) in [6, 6.07) is 14.0. The minimum atomic E-state index is -1.16. The first kappa shape index (κ1) is 39.6. The summed E-state index contributed by atoms with van der Waals surface area (Å²) in [5.74, 6) is -0.0673. The van der Waals surface area contributed by atoms with Gasteiger partial charge in [-0.2, -0.15) is 0 Å². The number of ether oxygens (including phenoxy) is 2. The van der Waals surface area contributed by atoms with Crippen LogP contribution in [-0.4, -0.2) is 94.8 Å². The summed E-state index contributed by atoms with van der Waals surface area (Å²) in [6.07, 6.45) is 4.28. The van der Waals surface area contributed by atoms with Crippen molar-refractivity contribution in [1.82, 2.24) is 15.5 Å². The first-order chi connectivity index (χ1) is 26.3. The third kappa shape index (κ3) is 7.86. The van der Waals surface area contributed by atoms with Crippen LogP contribution in [0.1, 0.15) is 61.8 Å². The lowest BCUT2D eigenvalue weighted by Gasteiger charge is -2.57. The molecular weight excluding hydrogens is 704 g/mol. The number of nitrogens with one attached hydrogen (secondary N) is 2. The molecule has 7 N–H and O–H groups in total. The Bertz CT molecular complexity index is 1900. The van der Waals surface area contributed by atoms with Crippen LogP contribution in [-0.2, 0) is 43.9 Å². The van der Waals surface area contributed by atoms with E-state index in [0.717, 1.165) is 42.9 Å². The molecule has 55 heavy (non-hydrogen) atoms. The van der Waals surface area contributed by atoms with Crippen LogP contribution in [0.25, 0.3) is 0 Å². The maximum Gasteiger partial charge on any atom is 0.326 e. The van der Waals surface area contributed by atoms with E-state index in [9.17, 15) is 34.5 Å². The highest BCUT2D eigenvalue weighted by Gasteiger charge is 2.65. The summed E-state index contributed by atoms with van der Waals surface area (Å²) in [6.45, 7) is 4.59. The molecule has 3 aromatic rings. The molecule has 3 aromatic carbocycles. The van der Waals surface area contributed by atoms with Gasteiger partial charge in [0.15, 0.2) is 23.4 Å². The molecule has 2 aliphatic heterocycles. The molecule has 4 aliphatic rings. The fourth-order valence-electron chi connectivity index (χ4n) is 8.94. The van der Waals surface area contributed by atoms with E-state index in [0.29, 0.717) is 30.4 Å². The Balaban J connectivity index is 0.000000200. The van der Waals surface area contributed by atoms with E-state index in [4.69, 9.17) is 15.2 Å². The summed E-state index contributed by atoms with van der Waals surface area (Å²) >= 11 is 0. The van der Waals surface area contributed by atoms with E-state index in [1.807, 2.05) is 13.0 Å². The molecule has 1 saturated carbocycles. The van der Waals surface area contributed by atoms with Gasteiger partial charge >= 0.3 is 5.97 Å². The Labute approximate surface area is 321 Å². The number of aliphatic carboxylic acids is 1. The zero-order valence-electron chi connectivity index (χ0n) is 31.8. The number of phenols is 2. The van der Waals surface area contributed by atoms with E-state index < -0.39 is 35.9 Å². The average Bonchev–Trinajstić information content (AvgIpc) is 3.53. The second-order valence-electron chi connectivity index (χ2n) is 15.4. The first-order valence-corrected chi connectivity index (χ1v) is 19.0. The zero-order valence-corrected chi connectivity index (χ0v) is 31.8. The van der Waals surface area contributed by atoms with Crippen LogP contribution in [0.5, 0.6) is 23.0 Å². The number of phenolic OH excluding ortho intramolecular Hbond substituents is 2. The molecule has 13 nitrogen and oxygen atoms in total. The number of likely N-dealkylation sites (tertiary alicyclic amines) is 1. The van der Waals surface area contributed by atoms with Crippen molar-refractivity contribution >= 4 is 23.6 Å². The van der Waals surface area contributed by atoms with Crippen molar-refractivity contribution < 1.29 is 44.0 Å². The third-order valence-electron chi connectivity index (χ3n) is 12.1. The highest BCUT2D eigenvalue weighted by atomic mass is 16.5. The summed E-state index contributed by atoms with van der Waals surface area (Å²) in [5, 5.41) is 33.6. The lowest BCUT2D eigenvalue weighted by Crippen LogP contribution is -2.65. The molecule has 8 atom stereocenters. The molecule has 0 aromatic heterocycles. The predicted octanol–water partition coefficient (Wildman–Crippen LogP) is 3.24. The lowest BCUT2D eigenvalue weighted by atomic mass is 9.52. The topological polar surface area (TPSA) is 201 Å². The van der Waals surface area contributed by atoms with Crippen molar-refractivity contribution in [2.75, 3.05) is 20.7 Å². The number of carboxylic acid groups (broad SMARTS) is 1. The molecule has 294 valence electrons. The Hall–Kier alpha value is -5.14. The van der Waals surface area contributed by atoms with Crippen LogP contribution in [0.3, 0.4) is 0 Å². The Kier molecular flexibility index (Phi) is 11.7. The lowest BCUT2D eigenvalue weighted by molar-refractivity contribution is -0.143. The molecule has 1 saturated heterocycles. The molecule has 0 radical (unpaired) electrons. The number of aromatic hydroxyl groups is 2. The fraction of sp³-hybridized carbons (Fsp3) is 0.476. The van der Waals surface area contributed by atoms with Crippen molar-refractivity contribution in [3.05, 3.63) is 82.9 Å². The summed E-state index contributed by atoms with van der Waals surface area (Å²) in [7, 11) is 3.91. The van der Waals surface area contributed by atoms with Gasteiger partial charge in [0.25, 0.3) is 0 Å². The molecule has 13 heteroatoms. The second-order valence-corrected chi connectivity index (χ2v) is 15.4. The zero-order chi connectivity index (χ0) is 39.6. The van der Waals surface area contributed by atoms with E-state index in [-0.39, 0.29) is 47.6 Å². The van der Waals surface area contributed by atoms with Gasteiger partial charge in [-0.15, -0.1) is 0 Å². The number of likely N-dealkylation sites (N-methyl/N-ethyl adjacent to an activating group) is 1. The fourth-order valence-corrected chi connectivity index (χ4v) is 8.94. The third-order valence-corrected chi connectivity index (χ3v) is 12.1. The van der Waals surface area contributed by atoms with Gasteiger partial charge in [0.1, 0.15) is 23.6 Å². The number of carbonyl (C=O) groups excluding carboxylic acids is 3. The summed E-state index contributed by atoms with van der Waals surface area (Å²) in [4.78, 5) is 52.5. The molecule has 7 rings (SSSR count). The number of benzene rings is 3. The minimum absolute atomic E-state index is 0.0578. The van der Waals surface area contributed by atoms with Gasteiger partial charge in [-0.05, 0) is 98.1 Å². The number of piperidine rings is 1. The van der Waals surface area contributed by atoms with Gasteiger partial charge in [0.2, 0.25) is 11.8 Å². The number of hydrogen-bond acceptors (Lipinski definition) is 10. The van der Waals surface area contributed by atoms with Gasteiger partial charge in [0, 0.05) is 29.9 Å². The molecule has 2 fully saturated rings. The Morgan fingerprint density at radius 1 is 0.982 bits per heavy atom. The quantitative estimate of drug-likeness (QED) is 0.159. The summed E-state index contributed by atoms with van der Waals surface area (Å²) in [5.41, 5.74) is 10.0. The number of methoxy groups -OCH3 is 1. The first-order valence-electron chi connectivity index (χ1n) is 19.0. The number of carboxylic acids is 1. The number of Topliss-reactive ketones (excluding diaryl/α,β-unsaturated/α-hetero) is 1. The number of amides is 2. The number of nitrogens with two attached hydrogens (primary N) is 1. The van der Waals surface area contributed by atoms with Crippen LogP contribution in [0.2, 0.25) is 0 Å².